The van der Waals surface area contributed by atoms with Crippen LogP contribution in [-0.2, 0) is 13.0 Å². The zero-order valence-corrected chi connectivity index (χ0v) is 13.6. The highest BCUT2D eigenvalue weighted by Gasteiger charge is 2.25. The van der Waals surface area contributed by atoms with Gasteiger partial charge in [0.25, 0.3) is 5.91 Å². The second-order valence-electron chi connectivity index (χ2n) is 5.79. The number of nitrogens with zero attached hydrogens (tertiary/aromatic N) is 2. The summed E-state index contributed by atoms with van der Waals surface area (Å²) < 4.78 is 5.22. The molecule has 0 saturated carbocycles. The standard InChI is InChI=1S/C18H18N2O4/c1-11-7-12(3-4-16(11)24-2)17(21)20-6-5-14-13(10-20)8-19-9-15(14)18(22)23/h3-4,7-9H,5-6,10H2,1-2H3,(H,22,23). The van der Waals surface area contributed by atoms with Crippen LogP contribution in [0.5, 0.6) is 5.75 Å². The molecular formula is C18H18N2O4. The number of fused-ring (bicyclic) bond motifs is 1. The average Bonchev–Trinajstić information content (AvgIpc) is 2.59. The van der Waals surface area contributed by atoms with Gasteiger partial charge in [0.05, 0.1) is 12.7 Å². The van der Waals surface area contributed by atoms with Crippen LogP contribution in [0.25, 0.3) is 0 Å². The van der Waals surface area contributed by atoms with Gasteiger partial charge in [-0.2, -0.15) is 0 Å². The summed E-state index contributed by atoms with van der Waals surface area (Å²) in [5.74, 6) is -0.317. The minimum Gasteiger partial charge on any atom is -0.496 e. The van der Waals surface area contributed by atoms with Gasteiger partial charge in [0.2, 0.25) is 0 Å². The number of carboxylic acid groups (broad SMARTS) is 1. The first-order valence-corrected chi connectivity index (χ1v) is 7.64. The highest BCUT2D eigenvalue weighted by atomic mass is 16.5. The lowest BCUT2D eigenvalue weighted by Crippen LogP contribution is -2.36. The minimum absolute atomic E-state index is 0.0767. The van der Waals surface area contributed by atoms with Crippen molar-refractivity contribution in [3.63, 3.8) is 0 Å². The molecule has 124 valence electrons. The Morgan fingerprint density at radius 1 is 1.29 bits per heavy atom. The molecule has 1 aromatic carbocycles. The Morgan fingerprint density at radius 3 is 2.75 bits per heavy atom. The Kier molecular flexibility index (Phi) is 4.20. The number of rotatable bonds is 3. The molecule has 24 heavy (non-hydrogen) atoms. The minimum atomic E-state index is -0.982. The number of aromatic nitrogens is 1. The summed E-state index contributed by atoms with van der Waals surface area (Å²) in [4.78, 5) is 29.7. The fourth-order valence-electron chi connectivity index (χ4n) is 3.05. The molecule has 0 fully saturated rings. The SMILES string of the molecule is COc1ccc(C(=O)N2CCc3c(cncc3C(=O)O)C2)cc1C. The number of benzene rings is 1. The van der Waals surface area contributed by atoms with Crippen molar-refractivity contribution >= 4 is 11.9 Å². The third-order valence-corrected chi connectivity index (χ3v) is 4.30. The van der Waals surface area contributed by atoms with Crippen molar-refractivity contribution in [2.45, 2.75) is 19.9 Å². The maximum absolute atomic E-state index is 12.7. The molecule has 1 N–H and O–H groups in total. The number of aromatic carboxylic acids is 1. The highest BCUT2D eigenvalue weighted by molar-refractivity contribution is 5.95. The van der Waals surface area contributed by atoms with E-state index in [0.29, 0.717) is 25.1 Å². The number of hydrogen-bond acceptors (Lipinski definition) is 4. The van der Waals surface area contributed by atoms with Crippen LogP contribution in [0.1, 0.15) is 37.4 Å². The Labute approximate surface area is 139 Å². The van der Waals surface area contributed by atoms with E-state index in [2.05, 4.69) is 4.98 Å². The maximum atomic E-state index is 12.7. The van der Waals surface area contributed by atoms with E-state index >= 15 is 0 Å². The second kappa shape index (κ2) is 6.31. The van der Waals surface area contributed by atoms with Crippen molar-refractivity contribution in [2.24, 2.45) is 0 Å². The summed E-state index contributed by atoms with van der Waals surface area (Å²) in [6.07, 6.45) is 3.52. The van der Waals surface area contributed by atoms with Gasteiger partial charge in [-0.15, -0.1) is 0 Å². The van der Waals surface area contributed by atoms with Crippen molar-refractivity contribution < 1.29 is 19.4 Å². The zero-order chi connectivity index (χ0) is 17.3. The van der Waals surface area contributed by atoms with E-state index in [0.717, 1.165) is 22.4 Å². The first-order chi connectivity index (χ1) is 11.5. The van der Waals surface area contributed by atoms with Crippen LogP contribution in [0.4, 0.5) is 0 Å². The molecule has 0 radical (unpaired) electrons. The number of carboxylic acids is 1. The Morgan fingerprint density at radius 2 is 2.08 bits per heavy atom. The fourth-order valence-corrected chi connectivity index (χ4v) is 3.05. The lowest BCUT2D eigenvalue weighted by Gasteiger charge is -2.29. The fraction of sp³-hybridized carbons (Fsp3) is 0.278. The van der Waals surface area contributed by atoms with Crippen molar-refractivity contribution in [3.8, 4) is 5.75 Å². The summed E-state index contributed by atoms with van der Waals surface area (Å²) in [7, 11) is 1.60. The number of hydrogen-bond donors (Lipinski definition) is 1. The molecule has 0 unspecified atom stereocenters. The molecular weight excluding hydrogens is 308 g/mol. The number of pyridine rings is 1. The third kappa shape index (κ3) is 2.82. The molecule has 1 amide bonds. The van der Waals surface area contributed by atoms with Gasteiger partial charge in [0, 0.05) is 31.0 Å². The van der Waals surface area contributed by atoms with Crippen LogP contribution >= 0.6 is 0 Å². The second-order valence-corrected chi connectivity index (χ2v) is 5.79. The van der Waals surface area contributed by atoms with E-state index in [1.807, 2.05) is 13.0 Å². The lowest BCUT2D eigenvalue weighted by molar-refractivity contribution is 0.0693. The molecule has 2 aromatic rings. The zero-order valence-electron chi connectivity index (χ0n) is 13.6. The number of aryl methyl sites for hydroxylation is 1. The number of methoxy groups -OCH3 is 1. The molecule has 1 aliphatic rings. The molecule has 3 rings (SSSR count). The Hall–Kier alpha value is -2.89. The van der Waals surface area contributed by atoms with Crippen molar-refractivity contribution in [2.75, 3.05) is 13.7 Å². The molecule has 0 bridgehead atoms. The summed E-state index contributed by atoms with van der Waals surface area (Å²) in [6.45, 7) is 2.75. The Bertz CT molecular complexity index is 817. The average molecular weight is 326 g/mol. The van der Waals surface area contributed by atoms with Crippen molar-refractivity contribution in [3.05, 3.63) is 58.4 Å². The molecule has 2 heterocycles. The number of amides is 1. The summed E-state index contributed by atoms with van der Waals surface area (Å²) in [5, 5.41) is 9.24. The van der Waals surface area contributed by atoms with Gasteiger partial charge in [0.1, 0.15) is 5.75 Å². The van der Waals surface area contributed by atoms with Gasteiger partial charge in [-0.1, -0.05) is 0 Å². The van der Waals surface area contributed by atoms with Crippen LogP contribution in [0.15, 0.2) is 30.6 Å². The lowest BCUT2D eigenvalue weighted by atomic mass is 9.96. The quantitative estimate of drug-likeness (QED) is 0.936. The number of carbonyl (C=O) groups is 2. The van der Waals surface area contributed by atoms with Gasteiger partial charge >= 0.3 is 5.97 Å². The van der Waals surface area contributed by atoms with Gasteiger partial charge in [-0.05, 0) is 48.2 Å². The first kappa shape index (κ1) is 16.0. The molecule has 0 aliphatic carbocycles. The summed E-state index contributed by atoms with van der Waals surface area (Å²) >= 11 is 0. The van der Waals surface area contributed by atoms with E-state index < -0.39 is 5.97 Å². The van der Waals surface area contributed by atoms with Crippen molar-refractivity contribution in [1.82, 2.24) is 9.88 Å². The summed E-state index contributed by atoms with van der Waals surface area (Å²) in [5.41, 5.74) is 3.28. The van der Waals surface area contributed by atoms with E-state index in [1.165, 1.54) is 6.20 Å². The predicted octanol–water partition coefficient (Wildman–Crippen LogP) is 2.30. The molecule has 1 aromatic heterocycles. The van der Waals surface area contributed by atoms with Gasteiger partial charge in [-0.3, -0.25) is 9.78 Å². The molecule has 0 saturated heterocycles. The third-order valence-electron chi connectivity index (χ3n) is 4.30. The van der Waals surface area contributed by atoms with Gasteiger partial charge in [-0.25, -0.2) is 4.79 Å². The molecule has 6 heteroatoms. The van der Waals surface area contributed by atoms with E-state index in [9.17, 15) is 14.7 Å². The molecule has 6 nitrogen and oxygen atoms in total. The first-order valence-electron chi connectivity index (χ1n) is 7.64. The topological polar surface area (TPSA) is 79.7 Å². The van der Waals surface area contributed by atoms with Crippen LogP contribution in [0.2, 0.25) is 0 Å². The number of carbonyl (C=O) groups excluding carboxylic acids is 1. The normalized spacial score (nSPS) is 13.3. The van der Waals surface area contributed by atoms with Crippen molar-refractivity contribution in [1.29, 1.82) is 0 Å². The predicted molar refractivity (Wildman–Crippen MR) is 87.4 cm³/mol. The van der Waals surface area contributed by atoms with E-state index in [-0.39, 0.29) is 11.5 Å². The van der Waals surface area contributed by atoms with Gasteiger partial charge < -0.3 is 14.7 Å². The van der Waals surface area contributed by atoms with E-state index in [1.54, 1.807) is 30.3 Å². The summed E-state index contributed by atoms with van der Waals surface area (Å²) in [6, 6.07) is 5.34. The van der Waals surface area contributed by atoms with Crippen LogP contribution in [0, 0.1) is 6.92 Å². The Balaban J connectivity index is 1.85. The van der Waals surface area contributed by atoms with Crippen LogP contribution in [-0.4, -0.2) is 40.5 Å². The van der Waals surface area contributed by atoms with E-state index in [4.69, 9.17) is 4.74 Å². The largest absolute Gasteiger partial charge is 0.496 e. The molecule has 0 spiro atoms. The molecule has 1 aliphatic heterocycles. The van der Waals surface area contributed by atoms with Crippen LogP contribution in [0.3, 0.4) is 0 Å². The monoisotopic (exact) mass is 326 g/mol. The molecule has 0 atom stereocenters. The van der Waals surface area contributed by atoms with Crippen LogP contribution < -0.4 is 4.74 Å². The van der Waals surface area contributed by atoms with Gasteiger partial charge in [0.15, 0.2) is 0 Å². The highest BCUT2D eigenvalue weighted by Crippen LogP contribution is 2.24. The number of ether oxygens (including phenoxy) is 1. The smallest absolute Gasteiger partial charge is 0.337 e. The maximum Gasteiger partial charge on any atom is 0.337 e.